The third kappa shape index (κ3) is 6.72. The van der Waals surface area contributed by atoms with Crippen molar-refractivity contribution in [2.75, 3.05) is 26.7 Å². The highest BCUT2D eigenvalue weighted by Crippen LogP contribution is 2.22. The van der Waals surface area contributed by atoms with E-state index in [2.05, 4.69) is 20.6 Å². The number of nitrogens with zero attached hydrogens (tertiary/aromatic N) is 1. The number of H-pyrrole nitrogens is 1. The van der Waals surface area contributed by atoms with E-state index in [1.807, 2.05) is 36.5 Å². The molecular weight excluding hydrogens is 491 g/mol. The summed E-state index contributed by atoms with van der Waals surface area (Å²) in [6.07, 6.45) is 5.46. The van der Waals surface area contributed by atoms with Crippen molar-refractivity contribution in [3.63, 3.8) is 0 Å². The van der Waals surface area contributed by atoms with Crippen molar-refractivity contribution in [1.82, 2.24) is 15.6 Å². The van der Waals surface area contributed by atoms with Crippen LogP contribution in [0.3, 0.4) is 0 Å². The molecule has 3 rings (SSSR count). The first-order valence-corrected chi connectivity index (χ1v) is 9.44. The first-order valence-electron chi connectivity index (χ1n) is 9.06. The standard InChI is InChI=1S/C20H25ClN4O2.HI/c1-22-20(23-8-3-10-26-14-17-4-2-11-27-17)24-9-7-15-13-25-19-6-5-16(21)12-18(15)19;/h2,4-6,11-13,25H,3,7-10,14H2,1H3,(H2,22,23,24);1H. The predicted molar refractivity (Wildman–Crippen MR) is 125 cm³/mol. The molecule has 0 spiro atoms. The molecule has 0 amide bonds. The SMILES string of the molecule is CN=C(NCCCOCc1ccco1)NCCc1c[nH]c2ccc(Cl)cc12.I. The fourth-order valence-corrected chi connectivity index (χ4v) is 3.01. The molecule has 0 aliphatic carbocycles. The Kier molecular flexibility index (Phi) is 9.66. The van der Waals surface area contributed by atoms with E-state index >= 15 is 0 Å². The van der Waals surface area contributed by atoms with Crippen molar-refractivity contribution in [3.8, 4) is 0 Å². The van der Waals surface area contributed by atoms with Gasteiger partial charge in [0.05, 0.1) is 6.26 Å². The number of aliphatic imine (C=N–C) groups is 1. The zero-order valence-electron chi connectivity index (χ0n) is 15.8. The maximum absolute atomic E-state index is 6.10. The number of guanidine groups is 1. The highest BCUT2D eigenvalue weighted by atomic mass is 127. The number of nitrogens with one attached hydrogen (secondary N) is 3. The lowest BCUT2D eigenvalue weighted by molar-refractivity contribution is 0.105. The van der Waals surface area contributed by atoms with Gasteiger partial charge < -0.3 is 24.8 Å². The summed E-state index contributed by atoms with van der Waals surface area (Å²) in [6.45, 7) is 2.75. The summed E-state index contributed by atoms with van der Waals surface area (Å²) in [7, 11) is 1.77. The lowest BCUT2D eigenvalue weighted by atomic mass is 10.1. The topological polar surface area (TPSA) is 74.6 Å². The lowest BCUT2D eigenvalue weighted by Gasteiger charge is -2.11. The molecule has 3 aromatic rings. The Labute approximate surface area is 187 Å². The minimum Gasteiger partial charge on any atom is -0.467 e. The fraction of sp³-hybridized carbons (Fsp3) is 0.350. The van der Waals surface area contributed by atoms with Crippen LogP contribution >= 0.6 is 35.6 Å². The van der Waals surface area contributed by atoms with E-state index in [9.17, 15) is 0 Å². The maximum Gasteiger partial charge on any atom is 0.190 e. The molecule has 0 bridgehead atoms. The molecule has 3 N–H and O–H groups in total. The van der Waals surface area contributed by atoms with Crippen LogP contribution in [0.15, 0.2) is 52.2 Å². The Morgan fingerprint density at radius 3 is 2.89 bits per heavy atom. The Morgan fingerprint density at radius 2 is 2.11 bits per heavy atom. The number of furan rings is 1. The maximum atomic E-state index is 6.10. The number of ether oxygens (including phenoxy) is 1. The largest absolute Gasteiger partial charge is 0.467 e. The third-order valence-corrected chi connectivity index (χ3v) is 4.46. The number of aromatic amines is 1. The molecule has 1 aromatic carbocycles. The molecule has 0 radical (unpaired) electrons. The van der Waals surface area contributed by atoms with E-state index in [1.54, 1.807) is 13.3 Å². The summed E-state index contributed by atoms with van der Waals surface area (Å²) in [5.74, 6) is 1.64. The second-order valence-corrected chi connectivity index (χ2v) is 6.60. The number of benzene rings is 1. The van der Waals surface area contributed by atoms with Gasteiger partial charge in [0.2, 0.25) is 0 Å². The first-order chi connectivity index (χ1) is 13.3. The van der Waals surface area contributed by atoms with E-state index in [0.29, 0.717) is 13.2 Å². The van der Waals surface area contributed by atoms with Crippen molar-refractivity contribution in [2.24, 2.45) is 4.99 Å². The summed E-state index contributed by atoms with van der Waals surface area (Å²) in [5.41, 5.74) is 2.34. The molecule has 8 heteroatoms. The smallest absolute Gasteiger partial charge is 0.190 e. The van der Waals surface area contributed by atoms with Gasteiger partial charge in [-0.3, -0.25) is 4.99 Å². The molecule has 0 aliphatic rings. The number of hydrogen-bond donors (Lipinski definition) is 3. The summed E-state index contributed by atoms with van der Waals surface area (Å²) >= 11 is 6.10. The van der Waals surface area contributed by atoms with Crippen LogP contribution in [0.25, 0.3) is 10.9 Å². The van der Waals surface area contributed by atoms with E-state index in [0.717, 1.165) is 48.2 Å². The van der Waals surface area contributed by atoms with Gasteiger partial charge in [0, 0.05) is 48.9 Å². The Balaban J connectivity index is 0.00000280. The van der Waals surface area contributed by atoms with Crippen LogP contribution in [-0.4, -0.2) is 37.7 Å². The fourth-order valence-electron chi connectivity index (χ4n) is 2.84. The van der Waals surface area contributed by atoms with Crippen molar-refractivity contribution >= 4 is 52.4 Å². The highest BCUT2D eigenvalue weighted by Gasteiger charge is 2.05. The van der Waals surface area contributed by atoms with Crippen LogP contribution in [0.4, 0.5) is 0 Å². The van der Waals surface area contributed by atoms with Crippen LogP contribution in [0.2, 0.25) is 5.02 Å². The molecule has 0 aliphatic heterocycles. The number of aromatic nitrogens is 1. The van der Waals surface area contributed by atoms with Crippen LogP contribution in [0.5, 0.6) is 0 Å². The lowest BCUT2D eigenvalue weighted by Crippen LogP contribution is -2.39. The molecule has 28 heavy (non-hydrogen) atoms. The van der Waals surface area contributed by atoms with Gasteiger partial charge in [-0.05, 0) is 48.7 Å². The summed E-state index contributed by atoms with van der Waals surface area (Å²) in [4.78, 5) is 7.53. The molecule has 0 saturated carbocycles. The molecule has 6 nitrogen and oxygen atoms in total. The number of rotatable bonds is 9. The quantitative estimate of drug-likeness (QED) is 0.171. The van der Waals surface area contributed by atoms with E-state index in [1.165, 1.54) is 10.9 Å². The van der Waals surface area contributed by atoms with Crippen molar-refractivity contribution in [2.45, 2.75) is 19.4 Å². The zero-order chi connectivity index (χ0) is 18.9. The van der Waals surface area contributed by atoms with Gasteiger partial charge in [-0.2, -0.15) is 0 Å². The van der Waals surface area contributed by atoms with Gasteiger partial charge in [-0.1, -0.05) is 11.6 Å². The van der Waals surface area contributed by atoms with Crippen molar-refractivity contribution in [1.29, 1.82) is 0 Å². The van der Waals surface area contributed by atoms with Crippen LogP contribution in [0, 0.1) is 0 Å². The number of fused-ring (bicyclic) bond motifs is 1. The Hall–Kier alpha value is -1.71. The Morgan fingerprint density at radius 1 is 1.25 bits per heavy atom. The van der Waals surface area contributed by atoms with Crippen molar-refractivity contribution in [3.05, 3.63) is 59.1 Å². The monoisotopic (exact) mass is 516 g/mol. The van der Waals surface area contributed by atoms with E-state index in [-0.39, 0.29) is 24.0 Å². The highest BCUT2D eigenvalue weighted by molar-refractivity contribution is 14.0. The van der Waals surface area contributed by atoms with Gasteiger partial charge in [0.1, 0.15) is 12.4 Å². The second kappa shape index (κ2) is 12.0. The van der Waals surface area contributed by atoms with Gasteiger partial charge in [-0.15, -0.1) is 24.0 Å². The van der Waals surface area contributed by atoms with Gasteiger partial charge in [-0.25, -0.2) is 0 Å². The number of halogens is 2. The summed E-state index contributed by atoms with van der Waals surface area (Å²) < 4.78 is 10.8. The van der Waals surface area contributed by atoms with E-state index < -0.39 is 0 Å². The van der Waals surface area contributed by atoms with Crippen LogP contribution < -0.4 is 10.6 Å². The average molecular weight is 517 g/mol. The number of hydrogen-bond acceptors (Lipinski definition) is 3. The molecule has 152 valence electrons. The van der Waals surface area contributed by atoms with Gasteiger partial charge >= 0.3 is 0 Å². The summed E-state index contributed by atoms with van der Waals surface area (Å²) in [5, 5.41) is 8.55. The summed E-state index contributed by atoms with van der Waals surface area (Å²) in [6, 6.07) is 9.67. The zero-order valence-corrected chi connectivity index (χ0v) is 18.9. The minimum absolute atomic E-state index is 0. The van der Waals surface area contributed by atoms with Crippen LogP contribution in [0.1, 0.15) is 17.7 Å². The minimum atomic E-state index is 0. The normalized spacial score (nSPS) is 11.4. The second-order valence-electron chi connectivity index (χ2n) is 6.17. The third-order valence-electron chi connectivity index (χ3n) is 4.22. The molecule has 2 heterocycles. The molecule has 0 atom stereocenters. The van der Waals surface area contributed by atoms with Gasteiger partial charge in [0.25, 0.3) is 0 Å². The van der Waals surface area contributed by atoms with E-state index in [4.69, 9.17) is 20.8 Å². The molecular formula is C20H26ClIN4O2. The van der Waals surface area contributed by atoms with Crippen molar-refractivity contribution < 1.29 is 9.15 Å². The molecule has 0 unspecified atom stereocenters. The van der Waals surface area contributed by atoms with Crippen LogP contribution in [-0.2, 0) is 17.8 Å². The average Bonchev–Trinajstić information content (AvgIpc) is 3.33. The van der Waals surface area contributed by atoms with Gasteiger partial charge in [0.15, 0.2) is 5.96 Å². The molecule has 0 saturated heterocycles. The first kappa shape index (κ1) is 22.6. The predicted octanol–water partition coefficient (Wildman–Crippen LogP) is 4.35. The molecule has 2 aromatic heterocycles. The molecule has 0 fully saturated rings. The Bertz CT molecular complexity index is 864.